The average Bonchev–Trinajstić information content (AvgIpc) is 2.17. The van der Waals surface area contributed by atoms with Crippen molar-refractivity contribution in [3.63, 3.8) is 0 Å². The second kappa shape index (κ2) is 3.45. The van der Waals surface area contributed by atoms with E-state index < -0.39 is 11.4 Å². The van der Waals surface area contributed by atoms with Crippen molar-refractivity contribution in [2.45, 2.75) is 12.5 Å². The van der Waals surface area contributed by atoms with Gasteiger partial charge in [-0.1, -0.05) is 0 Å². The average molecular weight is 224 g/mol. The highest BCUT2D eigenvalue weighted by Crippen LogP contribution is 2.23. The summed E-state index contributed by atoms with van der Waals surface area (Å²) in [6, 6.07) is 3.87. The molecule has 16 heavy (non-hydrogen) atoms. The zero-order valence-electron chi connectivity index (χ0n) is 8.90. The van der Waals surface area contributed by atoms with E-state index in [0.29, 0.717) is 18.7 Å². The van der Waals surface area contributed by atoms with Crippen LogP contribution >= 0.6 is 0 Å². The number of rotatable bonds is 1. The van der Waals surface area contributed by atoms with Gasteiger partial charge >= 0.3 is 0 Å². The van der Waals surface area contributed by atoms with E-state index in [0.717, 1.165) is 0 Å². The molecule has 0 radical (unpaired) electrons. The summed E-state index contributed by atoms with van der Waals surface area (Å²) in [4.78, 5) is 13.3. The van der Waals surface area contributed by atoms with Crippen molar-refractivity contribution in [2.24, 2.45) is 0 Å². The molecule has 0 spiro atoms. The Hall–Kier alpha value is -1.62. The molecule has 86 valence electrons. The van der Waals surface area contributed by atoms with Crippen molar-refractivity contribution in [1.82, 2.24) is 4.90 Å². The van der Waals surface area contributed by atoms with Crippen LogP contribution in [0.1, 0.15) is 17.3 Å². The summed E-state index contributed by atoms with van der Waals surface area (Å²) in [5.74, 6) is -0.773. The number of hydrogen-bond acceptors (Lipinski definition) is 3. The highest BCUT2D eigenvalue weighted by atomic mass is 19.1. The van der Waals surface area contributed by atoms with Crippen LogP contribution in [0.5, 0.6) is 0 Å². The van der Waals surface area contributed by atoms with Crippen LogP contribution in [0.15, 0.2) is 18.2 Å². The first-order valence-corrected chi connectivity index (χ1v) is 4.96. The third-order valence-electron chi connectivity index (χ3n) is 2.59. The molecule has 0 atom stereocenters. The fourth-order valence-electron chi connectivity index (χ4n) is 1.78. The van der Waals surface area contributed by atoms with Gasteiger partial charge in [0.15, 0.2) is 0 Å². The first-order valence-electron chi connectivity index (χ1n) is 4.96. The summed E-state index contributed by atoms with van der Waals surface area (Å²) in [6.07, 6.45) is 0. The molecule has 2 rings (SSSR count). The Morgan fingerprint density at radius 3 is 2.69 bits per heavy atom. The van der Waals surface area contributed by atoms with Crippen LogP contribution in [0.3, 0.4) is 0 Å². The number of carbonyl (C=O) groups is 1. The maximum Gasteiger partial charge on any atom is 0.254 e. The summed E-state index contributed by atoms with van der Waals surface area (Å²) in [7, 11) is 0. The molecular weight excluding hydrogens is 211 g/mol. The van der Waals surface area contributed by atoms with Crippen LogP contribution in [-0.2, 0) is 0 Å². The van der Waals surface area contributed by atoms with E-state index >= 15 is 0 Å². The molecule has 0 unspecified atom stereocenters. The standard InChI is InChI=1S/C11H13FN2O2/c1-11(16)5-14(6-11)10(15)7-2-3-8(12)9(13)4-7/h2-4,16H,5-6,13H2,1H3. The number of nitrogens with two attached hydrogens (primary N) is 1. The van der Waals surface area contributed by atoms with Gasteiger partial charge in [0.25, 0.3) is 5.91 Å². The topological polar surface area (TPSA) is 66.6 Å². The smallest absolute Gasteiger partial charge is 0.254 e. The number of nitrogens with zero attached hydrogens (tertiary/aromatic N) is 1. The van der Waals surface area contributed by atoms with E-state index in [4.69, 9.17) is 5.73 Å². The van der Waals surface area contributed by atoms with Crippen LogP contribution in [0, 0.1) is 5.82 Å². The normalized spacial score (nSPS) is 18.1. The lowest BCUT2D eigenvalue weighted by atomic mass is 9.96. The van der Waals surface area contributed by atoms with Gasteiger partial charge in [-0.3, -0.25) is 4.79 Å². The molecule has 4 nitrogen and oxygen atoms in total. The van der Waals surface area contributed by atoms with Gasteiger partial charge in [-0.2, -0.15) is 0 Å². The molecule has 0 aliphatic carbocycles. The van der Waals surface area contributed by atoms with E-state index in [1.54, 1.807) is 6.92 Å². The Kier molecular flexibility index (Phi) is 2.35. The van der Waals surface area contributed by atoms with Gasteiger partial charge < -0.3 is 15.7 Å². The number of hydrogen-bond donors (Lipinski definition) is 2. The highest BCUT2D eigenvalue weighted by Gasteiger charge is 2.39. The molecule has 1 heterocycles. The molecule has 1 fully saturated rings. The van der Waals surface area contributed by atoms with Gasteiger partial charge in [-0.05, 0) is 25.1 Å². The van der Waals surface area contributed by atoms with E-state index in [-0.39, 0.29) is 11.6 Å². The lowest BCUT2D eigenvalue weighted by molar-refractivity contribution is -0.0668. The largest absolute Gasteiger partial charge is 0.396 e. The van der Waals surface area contributed by atoms with Crippen LogP contribution in [0.4, 0.5) is 10.1 Å². The molecule has 5 heteroatoms. The fraction of sp³-hybridized carbons (Fsp3) is 0.364. The van der Waals surface area contributed by atoms with Gasteiger partial charge in [-0.25, -0.2) is 4.39 Å². The zero-order chi connectivity index (χ0) is 11.9. The van der Waals surface area contributed by atoms with Crippen molar-refractivity contribution < 1.29 is 14.3 Å². The van der Waals surface area contributed by atoms with Crippen molar-refractivity contribution in [3.05, 3.63) is 29.6 Å². The third kappa shape index (κ3) is 1.86. The molecule has 1 aromatic carbocycles. The van der Waals surface area contributed by atoms with E-state index in [9.17, 15) is 14.3 Å². The Labute approximate surface area is 92.5 Å². The number of halogens is 1. The van der Waals surface area contributed by atoms with E-state index in [1.165, 1.54) is 23.1 Å². The third-order valence-corrected chi connectivity index (χ3v) is 2.59. The van der Waals surface area contributed by atoms with Gasteiger partial charge in [-0.15, -0.1) is 0 Å². The summed E-state index contributed by atoms with van der Waals surface area (Å²) >= 11 is 0. The fourth-order valence-corrected chi connectivity index (χ4v) is 1.78. The highest BCUT2D eigenvalue weighted by molar-refractivity contribution is 5.95. The number of amides is 1. The molecule has 1 amide bonds. The van der Waals surface area contributed by atoms with Crippen LogP contribution < -0.4 is 5.73 Å². The summed E-state index contributed by atoms with van der Waals surface area (Å²) < 4.78 is 12.9. The maximum absolute atomic E-state index is 12.9. The molecule has 0 saturated carbocycles. The van der Waals surface area contributed by atoms with Crippen molar-refractivity contribution in [3.8, 4) is 0 Å². The first kappa shape index (κ1) is 10.9. The molecule has 1 saturated heterocycles. The van der Waals surface area contributed by atoms with Crippen molar-refractivity contribution in [1.29, 1.82) is 0 Å². The minimum absolute atomic E-state index is 0.0434. The predicted molar refractivity (Wildman–Crippen MR) is 57.3 cm³/mol. The van der Waals surface area contributed by atoms with E-state index in [1.807, 2.05) is 0 Å². The minimum atomic E-state index is -0.804. The minimum Gasteiger partial charge on any atom is -0.396 e. The summed E-state index contributed by atoms with van der Waals surface area (Å²) in [5, 5.41) is 9.50. The number of β-amino-alcohol motifs (C(OH)–C–C–N with tert-alkyl or cyclic N) is 1. The first-order chi connectivity index (χ1) is 7.39. The van der Waals surface area contributed by atoms with Gasteiger partial charge in [0.1, 0.15) is 5.82 Å². The number of carbonyl (C=O) groups excluding carboxylic acids is 1. The molecule has 1 aromatic rings. The predicted octanol–water partition coefficient (Wildman–Crippen LogP) is 0.615. The lowest BCUT2D eigenvalue weighted by Crippen LogP contribution is -2.61. The summed E-state index contributed by atoms with van der Waals surface area (Å²) in [5.41, 5.74) is 4.87. The zero-order valence-corrected chi connectivity index (χ0v) is 8.90. The van der Waals surface area contributed by atoms with Gasteiger partial charge in [0.2, 0.25) is 0 Å². The van der Waals surface area contributed by atoms with Crippen LogP contribution in [0.2, 0.25) is 0 Å². The summed E-state index contributed by atoms with van der Waals surface area (Å²) in [6.45, 7) is 2.25. The van der Waals surface area contributed by atoms with E-state index in [2.05, 4.69) is 0 Å². The molecule has 1 aliphatic heterocycles. The van der Waals surface area contributed by atoms with Crippen molar-refractivity contribution in [2.75, 3.05) is 18.8 Å². The SMILES string of the molecule is CC1(O)CN(C(=O)c2ccc(F)c(N)c2)C1. The Bertz CT molecular complexity index is 438. The molecule has 0 aromatic heterocycles. The quantitative estimate of drug-likeness (QED) is 0.687. The maximum atomic E-state index is 12.9. The monoisotopic (exact) mass is 224 g/mol. The Balaban J connectivity index is 2.13. The number of likely N-dealkylation sites (tertiary alicyclic amines) is 1. The lowest BCUT2D eigenvalue weighted by Gasteiger charge is -2.44. The van der Waals surface area contributed by atoms with Gasteiger partial charge in [0.05, 0.1) is 24.4 Å². The molecule has 3 N–H and O–H groups in total. The molecular formula is C11H13FN2O2. The Morgan fingerprint density at radius 2 is 2.19 bits per heavy atom. The molecule has 1 aliphatic rings. The number of aliphatic hydroxyl groups is 1. The second-order valence-corrected chi connectivity index (χ2v) is 4.39. The van der Waals surface area contributed by atoms with Crippen molar-refractivity contribution >= 4 is 11.6 Å². The van der Waals surface area contributed by atoms with Crippen LogP contribution in [-0.4, -0.2) is 34.6 Å². The van der Waals surface area contributed by atoms with Crippen LogP contribution in [0.25, 0.3) is 0 Å². The number of anilines is 1. The second-order valence-electron chi connectivity index (χ2n) is 4.39. The number of nitrogen functional groups attached to an aromatic ring is 1. The molecule has 0 bridgehead atoms. The number of benzene rings is 1. The Morgan fingerprint density at radius 1 is 1.56 bits per heavy atom. The van der Waals surface area contributed by atoms with Gasteiger partial charge in [0, 0.05) is 5.56 Å².